The third kappa shape index (κ3) is 2.89. The lowest BCUT2D eigenvalue weighted by Gasteiger charge is -2.06. The molecule has 2 nitrogen and oxygen atoms in total. The smallest absolute Gasteiger partial charge is 0.164 e. The molecule has 0 saturated carbocycles. The number of ketones is 1. The molecule has 0 spiro atoms. The standard InChI is InChI=1S/C11H14BrNOS/c12-10-7-15-6-9(10)11(14)2-1-8-3-4-13-5-8/h6-8,13H,1-5H2. The average Bonchev–Trinajstić information content (AvgIpc) is 2.84. The van der Waals surface area contributed by atoms with Gasteiger partial charge >= 0.3 is 0 Å². The predicted octanol–water partition coefficient (Wildman–Crippen LogP) is 3.08. The summed E-state index contributed by atoms with van der Waals surface area (Å²) in [6.45, 7) is 2.19. The first kappa shape index (κ1) is 11.3. The van der Waals surface area contributed by atoms with E-state index in [1.807, 2.05) is 10.8 Å². The van der Waals surface area contributed by atoms with Crippen LogP contribution in [0.3, 0.4) is 0 Å². The van der Waals surface area contributed by atoms with Crippen LogP contribution in [0, 0.1) is 5.92 Å². The fourth-order valence-electron chi connectivity index (χ4n) is 1.91. The van der Waals surface area contributed by atoms with Crippen molar-refractivity contribution in [2.75, 3.05) is 13.1 Å². The van der Waals surface area contributed by atoms with E-state index in [1.165, 1.54) is 6.42 Å². The number of Topliss-reactive ketones (excluding diaryl/α,β-unsaturated/α-hetero) is 1. The quantitative estimate of drug-likeness (QED) is 0.863. The van der Waals surface area contributed by atoms with Crippen LogP contribution in [0.25, 0.3) is 0 Å². The summed E-state index contributed by atoms with van der Waals surface area (Å²) < 4.78 is 0.946. The molecule has 82 valence electrons. The van der Waals surface area contributed by atoms with E-state index >= 15 is 0 Å². The lowest BCUT2D eigenvalue weighted by Crippen LogP contribution is -2.10. The third-order valence-electron chi connectivity index (χ3n) is 2.86. The molecule has 0 amide bonds. The maximum absolute atomic E-state index is 11.8. The Labute approximate surface area is 102 Å². The van der Waals surface area contributed by atoms with E-state index in [1.54, 1.807) is 11.3 Å². The Morgan fingerprint density at radius 1 is 1.60 bits per heavy atom. The first-order valence-corrected chi connectivity index (χ1v) is 6.96. The molecule has 1 atom stereocenters. The first-order valence-electron chi connectivity index (χ1n) is 5.23. The Morgan fingerprint density at radius 3 is 3.07 bits per heavy atom. The van der Waals surface area contributed by atoms with Gasteiger partial charge in [0.25, 0.3) is 0 Å². The Kier molecular flexibility index (Phi) is 3.94. The number of hydrogen-bond acceptors (Lipinski definition) is 3. The molecule has 1 fully saturated rings. The van der Waals surface area contributed by atoms with Crippen LogP contribution in [-0.4, -0.2) is 18.9 Å². The SMILES string of the molecule is O=C(CCC1CCNC1)c1cscc1Br. The molecule has 2 rings (SSSR count). The van der Waals surface area contributed by atoms with Crippen LogP contribution in [0.1, 0.15) is 29.6 Å². The van der Waals surface area contributed by atoms with Gasteiger partial charge in [-0.25, -0.2) is 0 Å². The number of carbonyl (C=O) groups is 1. The van der Waals surface area contributed by atoms with Crippen molar-refractivity contribution in [1.29, 1.82) is 0 Å². The van der Waals surface area contributed by atoms with Gasteiger partial charge in [0.1, 0.15) is 0 Å². The zero-order chi connectivity index (χ0) is 10.7. The Bertz CT molecular complexity index is 344. The number of rotatable bonds is 4. The second kappa shape index (κ2) is 5.23. The fourth-order valence-corrected chi connectivity index (χ4v) is 3.43. The van der Waals surface area contributed by atoms with Gasteiger partial charge in [0, 0.05) is 27.2 Å². The highest BCUT2D eigenvalue weighted by Gasteiger charge is 2.17. The Hall–Kier alpha value is -0.190. The zero-order valence-corrected chi connectivity index (χ0v) is 10.9. The third-order valence-corrected chi connectivity index (χ3v) is 4.56. The van der Waals surface area contributed by atoms with Gasteiger partial charge in [-0.2, -0.15) is 11.3 Å². The molecule has 0 radical (unpaired) electrons. The molecule has 4 heteroatoms. The summed E-state index contributed by atoms with van der Waals surface area (Å²) in [5.74, 6) is 0.974. The van der Waals surface area contributed by atoms with Crippen LogP contribution in [-0.2, 0) is 0 Å². The molecule has 1 aromatic rings. The van der Waals surface area contributed by atoms with Crippen LogP contribution in [0.4, 0.5) is 0 Å². The van der Waals surface area contributed by atoms with Crippen molar-refractivity contribution in [1.82, 2.24) is 5.32 Å². The number of hydrogen-bond donors (Lipinski definition) is 1. The highest BCUT2D eigenvalue weighted by molar-refractivity contribution is 9.10. The summed E-state index contributed by atoms with van der Waals surface area (Å²) in [4.78, 5) is 11.8. The molecule has 1 saturated heterocycles. The minimum atomic E-state index is 0.273. The first-order chi connectivity index (χ1) is 7.27. The second-order valence-corrected chi connectivity index (χ2v) is 5.55. The van der Waals surface area contributed by atoms with Gasteiger partial charge in [-0.1, -0.05) is 0 Å². The Morgan fingerprint density at radius 2 is 2.47 bits per heavy atom. The van der Waals surface area contributed by atoms with Crippen molar-refractivity contribution in [2.45, 2.75) is 19.3 Å². The van der Waals surface area contributed by atoms with E-state index in [4.69, 9.17) is 0 Å². The molecule has 1 unspecified atom stereocenters. The molecular formula is C11H14BrNOS. The van der Waals surface area contributed by atoms with Gasteiger partial charge in [0.2, 0.25) is 0 Å². The van der Waals surface area contributed by atoms with Gasteiger partial charge in [-0.05, 0) is 47.8 Å². The molecule has 1 aliphatic heterocycles. The number of nitrogens with one attached hydrogen (secondary N) is 1. The number of halogens is 1. The molecule has 2 heterocycles. The summed E-state index contributed by atoms with van der Waals surface area (Å²) in [5.41, 5.74) is 0.853. The van der Waals surface area contributed by atoms with E-state index < -0.39 is 0 Å². The van der Waals surface area contributed by atoms with Gasteiger partial charge in [-0.3, -0.25) is 4.79 Å². The molecule has 0 aromatic carbocycles. The average molecular weight is 288 g/mol. The number of carbonyl (C=O) groups excluding carboxylic acids is 1. The summed E-state index contributed by atoms with van der Waals surface area (Å²) in [5, 5.41) is 7.22. The van der Waals surface area contributed by atoms with Crippen LogP contribution in [0.5, 0.6) is 0 Å². The highest BCUT2D eigenvalue weighted by Crippen LogP contribution is 2.24. The van der Waals surface area contributed by atoms with Crippen LogP contribution in [0.2, 0.25) is 0 Å². The minimum absolute atomic E-state index is 0.273. The summed E-state index contributed by atoms with van der Waals surface area (Å²) in [6, 6.07) is 0. The van der Waals surface area contributed by atoms with Crippen LogP contribution < -0.4 is 5.32 Å². The molecule has 1 N–H and O–H groups in total. The topological polar surface area (TPSA) is 29.1 Å². The monoisotopic (exact) mass is 287 g/mol. The molecule has 1 aliphatic rings. The lowest BCUT2D eigenvalue weighted by atomic mass is 9.99. The van der Waals surface area contributed by atoms with E-state index in [0.717, 1.165) is 29.5 Å². The maximum atomic E-state index is 11.8. The predicted molar refractivity (Wildman–Crippen MR) is 66.6 cm³/mol. The van der Waals surface area contributed by atoms with Crippen molar-refractivity contribution >= 4 is 33.0 Å². The summed E-state index contributed by atoms with van der Waals surface area (Å²) in [6.07, 6.45) is 2.92. The molecular weight excluding hydrogens is 274 g/mol. The van der Waals surface area contributed by atoms with E-state index in [9.17, 15) is 4.79 Å². The van der Waals surface area contributed by atoms with Crippen LogP contribution >= 0.6 is 27.3 Å². The minimum Gasteiger partial charge on any atom is -0.316 e. The fraction of sp³-hybridized carbons (Fsp3) is 0.545. The van der Waals surface area contributed by atoms with E-state index in [2.05, 4.69) is 21.2 Å². The van der Waals surface area contributed by atoms with Gasteiger partial charge in [0.15, 0.2) is 5.78 Å². The zero-order valence-electron chi connectivity index (χ0n) is 8.46. The van der Waals surface area contributed by atoms with Gasteiger partial charge in [-0.15, -0.1) is 0 Å². The summed E-state index contributed by atoms with van der Waals surface area (Å²) >= 11 is 4.97. The van der Waals surface area contributed by atoms with Crippen LogP contribution in [0.15, 0.2) is 15.2 Å². The second-order valence-electron chi connectivity index (χ2n) is 3.95. The molecule has 15 heavy (non-hydrogen) atoms. The van der Waals surface area contributed by atoms with E-state index in [0.29, 0.717) is 12.3 Å². The molecule has 0 aliphatic carbocycles. The normalized spacial score (nSPS) is 20.7. The van der Waals surface area contributed by atoms with Crippen molar-refractivity contribution in [3.8, 4) is 0 Å². The van der Waals surface area contributed by atoms with Gasteiger partial charge in [0.05, 0.1) is 0 Å². The summed E-state index contributed by atoms with van der Waals surface area (Å²) in [7, 11) is 0. The highest BCUT2D eigenvalue weighted by atomic mass is 79.9. The van der Waals surface area contributed by atoms with Crippen molar-refractivity contribution in [2.24, 2.45) is 5.92 Å². The van der Waals surface area contributed by atoms with Crippen molar-refractivity contribution < 1.29 is 4.79 Å². The van der Waals surface area contributed by atoms with Crippen molar-refractivity contribution in [3.63, 3.8) is 0 Å². The molecule has 0 bridgehead atoms. The maximum Gasteiger partial charge on any atom is 0.164 e. The molecule has 1 aromatic heterocycles. The van der Waals surface area contributed by atoms with E-state index in [-0.39, 0.29) is 5.78 Å². The van der Waals surface area contributed by atoms with Crippen molar-refractivity contribution in [3.05, 3.63) is 20.8 Å². The Balaban J connectivity index is 1.84. The largest absolute Gasteiger partial charge is 0.316 e. The number of thiophene rings is 1. The lowest BCUT2D eigenvalue weighted by molar-refractivity contribution is 0.0974. The van der Waals surface area contributed by atoms with Gasteiger partial charge < -0.3 is 5.32 Å².